The van der Waals surface area contributed by atoms with Crippen molar-refractivity contribution in [1.29, 1.82) is 0 Å². The van der Waals surface area contributed by atoms with Crippen molar-refractivity contribution in [2.24, 2.45) is 0 Å². The van der Waals surface area contributed by atoms with Gasteiger partial charge in [0.1, 0.15) is 5.75 Å². The molecule has 1 amide bonds. The van der Waals surface area contributed by atoms with Crippen molar-refractivity contribution in [2.75, 3.05) is 11.9 Å². The highest BCUT2D eigenvalue weighted by molar-refractivity contribution is 5.91. The lowest BCUT2D eigenvalue weighted by atomic mass is 10.1. The molecule has 0 radical (unpaired) electrons. The number of hydrogen-bond acceptors (Lipinski definition) is 3. The Bertz CT molecular complexity index is 474. The quantitative estimate of drug-likeness (QED) is 0.874. The van der Waals surface area contributed by atoms with Crippen molar-refractivity contribution < 1.29 is 18.3 Å². The average Bonchev–Trinajstić information content (AvgIpc) is 2.85. The zero-order valence-electron chi connectivity index (χ0n) is 11.3. The second kappa shape index (κ2) is 6.65. The fraction of sp³-hybridized carbons (Fsp3) is 0.500. The minimum absolute atomic E-state index is 0.0804. The maximum absolute atomic E-state index is 12.2. The average molecular weight is 284 g/mol. The van der Waals surface area contributed by atoms with E-state index in [1.807, 2.05) is 0 Å². The SMILES string of the molecule is Cc1ccc(NC(=O)CC2CCCN2)cc1OC(F)F. The highest BCUT2D eigenvalue weighted by Gasteiger charge is 2.18. The summed E-state index contributed by atoms with van der Waals surface area (Å²) in [5.41, 5.74) is 1.06. The molecule has 1 aromatic carbocycles. The number of anilines is 1. The number of halogens is 2. The number of alkyl halides is 2. The van der Waals surface area contributed by atoms with Gasteiger partial charge in [-0.25, -0.2) is 0 Å². The number of carbonyl (C=O) groups is 1. The van der Waals surface area contributed by atoms with Gasteiger partial charge >= 0.3 is 6.61 Å². The molecule has 1 unspecified atom stereocenters. The maximum Gasteiger partial charge on any atom is 0.387 e. The van der Waals surface area contributed by atoms with Crippen molar-refractivity contribution in [2.45, 2.75) is 38.8 Å². The first kappa shape index (κ1) is 14.7. The molecule has 1 aromatic rings. The van der Waals surface area contributed by atoms with Gasteiger partial charge < -0.3 is 15.4 Å². The van der Waals surface area contributed by atoms with Crippen molar-refractivity contribution >= 4 is 11.6 Å². The van der Waals surface area contributed by atoms with Gasteiger partial charge in [-0.1, -0.05) is 6.07 Å². The van der Waals surface area contributed by atoms with Gasteiger partial charge in [-0.2, -0.15) is 8.78 Å². The van der Waals surface area contributed by atoms with Crippen LogP contribution in [0.25, 0.3) is 0 Å². The summed E-state index contributed by atoms with van der Waals surface area (Å²) >= 11 is 0. The Morgan fingerprint density at radius 2 is 2.35 bits per heavy atom. The Hall–Kier alpha value is -1.69. The molecule has 1 saturated heterocycles. The Morgan fingerprint density at radius 3 is 3.00 bits per heavy atom. The summed E-state index contributed by atoms with van der Waals surface area (Å²) in [6.07, 6.45) is 2.45. The van der Waals surface area contributed by atoms with E-state index in [0.717, 1.165) is 19.4 Å². The molecule has 0 aliphatic carbocycles. The fourth-order valence-corrected chi connectivity index (χ4v) is 2.27. The number of ether oxygens (including phenoxy) is 1. The van der Waals surface area contributed by atoms with E-state index >= 15 is 0 Å². The molecule has 1 heterocycles. The summed E-state index contributed by atoms with van der Waals surface area (Å²) in [7, 11) is 0. The lowest BCUT2D eigenvalue weighted by molar-refractivity contribution is -0.116. The van der Waals surface area contributed by atoms with Crippen molar-refractivity contribution in [3.05, 3.63) is 23.8 Å². The van der Waals surface area contributed by atoms with Gasteiger partial charge in [0.05, 0.1) is 0 Å². The second-order valence-electron chi connectivity index (χ2n) is 4.90. The summed E-state index contributed by atoms with van der Waals surface area (Å²) < 4.78 is 28.9. The minimum Gasteiger partial charge on any atom is -0.434 e. The second-order valence-corrected chi connectivity index (χ2v) is 4.90. The third-order valence-electron chi connectivity index (χ3n) is 3.28. The predicted octanol–water partition coefficient (Wildman–Crippen LogP) is 2.68. The van der Waals surface area contributed by atoms with E-state index in [-0.39, 0.29) is 17.7 Å². The molecule has 1 aliphatic rings. The van der Waals surface area contributed by atoms with Crippen LogP contribution in [-0.4, -0.2) is 25.1 Å². The van der Waals surface area contributed by atoms with E-state index in [4.69, 9.17) is 0 Å². The van der Waals surface area contributed by atoms with Crippen molar-refractivity contribution in [1.82, 2.24) is 5.32 Å². The third-order valence-corrected chi connectivity index (χ3v) is 3.28. The van der Waals surface area contributed by atoms with Crippen LogP contribution in [0.1, 0.15) is 24.8 Å². The van der Waals surface area contributed by atoms with E-state index in [9.17, 15) is 13.6 Å². The first-order valence-electron chi connectivity index (χ1n) is 6.63. The highest BCUT2D eigenvalue weighted by atomic mass is 19.3. The van der Waals surface area contributed by atoms with Crippen LogP contribution >= 0.6 is 0 Å². The monoisotopic (exact) mass is 284 g/mol. The van der Waals surface area contributed by atoms with E-state index < -0.39 is 6.61 Å². The molecule has 20 heavy (non-hydrogen) atoms. The van der Waals surface area contributed by atoms with E-state index in [1.165, 1.54) is 6.07 Å². The van der Waals surface area contributed by atoms with Crippen LogP contribution < -0.4 is 15.4 Å². The minimum atomic E-state index is -2.87. The zero-order chi connectivity index (χ0) is 14.5. The number of hydrogen-bond donors (Lipinski definition) is 2. The summed E-state index contributed by atoms with van der Waals surface area (Å²) in [4.78, 5) is 11.8. The van der Waals surface area contributed by atoms with Crippen LogP contribution in [-0.2, 0) is 4.79 Å². The van der Waals surface area contributed by atoms with Gasteiger partial charge in [-0.05, 0) is 37.9 Å². The molecule has 2 rings (SSSR count). The number of nitrogens with one attached hydrogen (secondary N) is 2. The molecule has 1 aliphatic heterocycles. The van der Waals surface area contributed by atoms with Crippen LogP contribution in [0.2, 0.25) is 0 Å². The highest BCUT2D eigenvalue weighted by Crippen LogP contribution is 2.24. The number of amides is 1. The Kier molecular flexibility index (Phi) is 4.89. The molecule has 0 saturated carbocycles. The van der Waals surface area contributed by atoms with Crippen molar-refractivity contribution in [3.63, 3.8) is 0 Å². The molecule has 0 spiro atoms. The van der Waals surface area contributed by atoms with E-state index in [2.05, 4.69) is 15.4 Å². The van der Waals surface area contributed by atoms with Gasteiger partial charge in [0.25, 0.3) is 0 Å². The Balaban J connectivity index is 1.96. The number of rotatable bonds is 5. The van der Waals surface area contributed by atoms with Gasteiger partial charge in [0, 0.05) is 24.2 Å². The van der Waals surface area contributed by atoms with Gasteiger partial charge in [0.2, 0.25) is 5.91 Å². The third kappa shape index (κ3) is 4.16. The molecular weight excluding hydrogens is 266 g/mol. The molecule has 2 N–H and O–H groups in total. The standard InChI is InChI=1S/C14H18F2N2O2/c1-9-4-5-11(7-12(9)20-14(15)16)18-13(19)8-10-3-2-6-17-10/h4-5,7,10,14,17H,2-3,6,8H2,1H3,(H,18,19). The van der Waals surface area contributed by atoms with Gasteiger partial charge in [-0.15, -0.1) is 0 Å². The summed E-state index contributed by atoms with van der Waals surface area (Å²) in [6, 6.07) is 4.94. The molecule has 0 aromatic heterocycles. The van der Waals surface area contributed by atoms with Gasteiger partial charge in [-0.3, -0.25) is 4.79 Å². The van der Waals surface area contributed by atoms with Crippen LogP contribution in [0.5, 0.6) is 5.75 Å². The van der Waals surface area contributed by atoms with Crippen LogP contribution in [0.3, 0.4) is 0 Å². The Labute approximate surface area is 116 Å². The normalized spacial score (nSPS) is 18.3. The lowest BCUT2D eigenvalue weighted by Crippen LogP contribution is -2.27. The number of aryl methyl sites for hydroxylation is 1. The summed E-state index contributed by atoms with van der Waals surface area (Å²) in [5.74, 6) is -0.0481. The predicted molar refractivity (Wildman–Crippen MR) is 72.1 cm³/mol. The number of carbonyl (C=O) groups excluding carboxylic acids is 1. The molecular formula is C14H18F2N2O2. The topological polar surface area (TPSA) is 50.4 Å². The van der Waals surface area contributed by atoms with Crippen LogP contribution in [0, 0.1) is 6.92 Å². The van der Waals surface area contributed by atoms with Crippen molar-refractivity contribution in [3.8, 4) is 5.75 Å². The maximum atomic E-state index is 12.2. The van der Waals surface area contributed by atoms with E-state index in [0.29, 0.717) is 17.7 Å². The molecule has 1 atom stereocenters. The lowest BCUT2D eigenvalue weighted by Gasteiger charge is -2.13. The first-order chi connectivity index (χ1) is 9.54. The summed E-state index contributed by atoms with van der Waals surface area (Å²) in [5, 5.41) is 5.94. The fourth-order valence-electron chi connectivity index (χ4n) is 2.27. The zero-order valence-corrected chi connectivity index (χ0v) is 11.3. The number of benzene rings is 1. The molecule has 0 bridgehead atoms. The van der Waals surface area contributed by atoms with E-state index in [1.54, 1.807) is 19.1 Å². The molecule has 110 valence electrons. The smallest absolute Gasteiger partial charge is 0.387 e. The van der Waals surface area contributed by atoms with Crippen LogP contribution in [0.4, 0.5) is 14.5 Å². The molecule has 4 nitrogen and oxygen atoms in total. The summed E-state index contributed by atoms with van der Waals surface area (Å²) in [6.45, 7) is -0.261. The first-order valence-corrected chi connectivity index (χ1v) is 6.63. The van der Waals surface area contributed by atoms with Gasteiger partial charge in [0.15, 0.2) is 0 Å². The Morgan fingerprint density at radius 1 is 1.55 bits per heavy atom. The molecule has 1 fully saturated rings. The largest absolute Gasteiger partial charge is 0.434 e. The molecule has 6 heteroatoms. The van der Waals surface area contributed by atoms with Crippen LogP contribution in [0.15, 0.2) is 18.2 Å².